The Kier molecular flexibility index (Phi) is 2.83. The van der Waals surface area contributed by atoms with Crippen molar-refractivity contribution in [2.45, 2.75) is 12.8 Å². The molecule has 0 aromatic carbocycles. The van der Waals surface area contributed by atoms with Crippen LogP contribution >= 0.6 is 0 Å². The van der Waals surface area contributed by atoms with Gasteiger partial charge in [-0.05, 0) is 18.5 Å². The molecule has 1 saturated heterocycles. The van der Waals surface area contributed by atoms with Crippen molar-refractivity contribution in [3.8, 4) is 0 Å². The quantitative estimate of drug-likeness (QED) is 0.461. The van der Waals surface area contributed by atoms with E-state index in [-0.39, 0.29) is 0 Å². The van der Waals surface area contributed by atoms with Crippen LogP contribution in [0.1, 0.15) is 12.8 Å². The third-order valence-electron chi connectivity index (χ3n) is 0.876. The van der Waals surface area contributed by atoms with E-state index in [0.717, 1.165) is 12.8 Å². The molecule has 1 aliphatic rings. The maximum atomic E-state index is 4.68. The normalized spacial score (nSPS) is 24.0. The lowest BCUT2D eigenvalue weighted by atomic mass is 10.3. The van der Waals surface area contributed by atoms with Gasteiger partial charge in [0.2, 0.25) is 0 Å². The van der Waals surface area contributed by atoms with E-state index < -0.39 is 0 Å². The van der Waals surface area contributed by atoms with Crippen molar-refractivity contribution < 1.29 is 14.7 Å². The Balaban J connectivity index is 2.00. The summed E-state index contributed by atoms with van der Waals surface area (Å²) in [6.07, 6.45) is 2.00. The Morgan fingerprint density at radius 1 is 1.12 bits per heavy atom. The van der Waals surface area contributed by atoms with Gasteiger partial charge in [0.05, 0.1) is 13.2 Å². The van der Waals surface area contributed by atoms with E-state index in [2.05, 4.69) is 20.4 Å². The van der Waals surface area contributed by atoms with Crippen LogP contribution in [0.25, 0.3) is 0 Å². The molecule has 4 nitrogen and oxygen atoms in total. The molecule has 0 saturated carbocycles. The fraction of sp³-hybridized carbons (Fsp3) is 1.00. The first kappa shape index (κ1) is 5.97. The largest absolute Gasteiger partial charge is 0.274 e. The van der Waals surface area contributed by atoms with E-state index in [0.29, 0.717) is 13.2 Å². The van der Waals surface area contributed by atoms with Crippen LogP contribution in [-0.4, -0.2) is 13.2 Å². The summed E-state index contributed by atoms with van der Waals surface area (Å²) in [5, 5.41) is 0. The van der Waals surface area contributed by atoms with Gasteiger partial charge in [-0.15, -0.1) is 4.99 Å². The Bertz CT molecular complexity index is 35.2. The summed E-state index contributed by atoms with van der Waals surface area (Å²) in [7, 11) is 0. The van der Waals surface area contributed by atoms with Crippen LogP contribution in [0.4, 0.5) is 0 Å². The Morgan fingerprint density at radius 3 is 3.00 bits per heavy atom. The van der Waals surface area contributed by atoms with Crippen LogP contribution in [0.2, 0.25) is 0 Å². The molecule has 0 aromatic heterocycles. The number of hydrogen-bond donors (Lipinski definition) is 1. The molecule has 1 rings (SSSR count). The van der Waals surface area contributed by atoms with Crippen molar-refractivity contribution in [2.75, 3.05) is 13.2 Å². The van der Waals surface area contributed by atoms with Crippen LogP contribution in [0.15, 0.2) is 0 Å². The molecule has 1 aliphatic heterocycles. The second-order valence-corrected chi connectivity index (χ2v) is 1.54. The topological polar surface area (TPSA) is 39.7 Å². The standard InChI is InChI=1S/C4H9NO3/c1-2-4-7-8-5-6-3-1/h5H,1-4H2. The fourth-order valence-corrected chi connectivity index (χ4v) is 0.467. The molecular formula is C4H9NO3. The minimum Gasteiger partial charge on any atom is -0.274 e. The molecule has 0 aliphatic carbocycles. The van der Waals surface area contributed by atoms with Gasteiger partial charge in [0.1, 0.15) is 0 Å². The molecule has 0 spiro atoms. The zero-order valence-electron chi connectivity index (χ0n) is 4.55. The zero-order valence-corrected chi connectivity index (χ0v) is 4.55. The van der Waals surface area contributed by atoms with Crippen molar-refractivity contribution in [3.63, 3.8) is 0 Å². The van der Waals surface area contributed by atoms with Gasteiger partial charge < -0.3 is 0 Å². The molecule has 8 heavy (non-hydrogen) atoms. The third kappa shape index (κ3) is 2.23. The maximum absolute atomic E-state index is 4.68. The minimum absolute atomic E-state index is 0.635. The van der Waals surface area contributed by atoms with Crippen molar-refractivity contribution in [3.05, 3.63) is 0 Å². The summed E-state index contributed by atoms with van der Waals surface area (Å²) >= 11 is 0. The summed E-state index contributed by atoms with van der Waals surface area (Å²) in [5.41, 5.74) is 2.16. The van der Waals surface area contributed by atoms with Crippen LogP contribution in [0.5, 0.6) is 0 Å². The molecule has 1 fully saturated rings. The summed E-state index contributed by atoms with van der Waals surface area (Å²) < 4.78 is 0. The van der Waals surface area contributed by atoms with E-state index in [1.54, 1.807) is 0 Å². The Labute approximate surface area is 47.6 Å². The van der Waals surface area contributed by atoms with E-state index in [4.69, 9.17) is 0 Å². The highest BCUT2D eigenvalue weighted by Crippen LogP contribution is 1.92. The van der Waals surface area contributed by atoms with Gasteiger partial charge in [-0.3, -0.25) is 4.84 Å². The van der Waals surface area contributed by atoms with E-state index in [9.17, 15) is 0 Å². The molecule has 0 radical (unpaired) electrons. The maximum Gasteiger partial charge on any atom is 0.0844 e. The molecule has 0 atom stereocenters. The van der Waals surface area contributed by atoms with Gasteiger partial charge in [-0.1, -0.05) is 0 Å². The van der Waals surface area contributed by atoms with Gasteiger partial charge >= 0.3 is 0 Å². The summed E-state index contributed by atoms with van der Waals surface area (Å²) in [4.78, 5) is 13.5. The predicted octanol–water partition coefficient (Wildman–Crippen LogP) is 0.165. The highest BCUT2D eigenvalue weighted by atomic mass is 17.3. The summed E-state index contributed by atoms with van der Waals surface area (Å²) in [5.74, 6) is 0. The molecular weight excluding hydrogens is 110 g/mol. The molecule has 1 heterocycles. The highest BCUT2D eigenvalue weighted by Gasteiger charge is 1.95. The molecule has 48 valence electrons. The van der Waals surface area contributed by atoms with Crippen LogP contribution in [0.3, 0.4) is 0 Å². The van der Waals surface area contributed by atoms with Gasteiger partial charge in [-0.2, -0.15) is 0 Å². The van der Waals surface area contributed by atoms with Gasteiger partial charge in [-0.25, -0.2) is 4.89 Å². The van der Waals surface area contributed by atoms with Crippen molar-refractivity contribution in [1.29, 1.82) is 0 Å². The number of rotatable bonds is 0. The van der Waals surface area contributed by atoms with Gasteiger partial charge in [0, 0.05) is 0 Å². The smallest absolute Gasteiger partial charge is 0.0844 e. The fourth-order valence-electron chi connectivity index (χ4n) is 0.467. The lowest BCUT2D eigenvalue weighted by molar-refractivity contribution is -0.406. The van der Waals surface area contributed by atoms with Crippen LogP contribution in [-0.2, 0) is 14.7 Å². The second kappa shape index (κ2) is 3.80. The Morgan fingerprint density at radius 2 is 2.00 bits per heavy atom. The molecule has 0 aromatic rings. The summed E-state index contributed by atoms with van der Waals surface area (Å²) in [6, 6.07) is 0. The first-order chi connectivity index (χ1) is 4.00. The van der Waals surface area contributed by atoms with Crippen molar-refractivity contribution >= 4 is 0 Å². The lowest BCUT2D eigenvalue weighted by Gasteiger charge is -2.08. The number of nitrogens with one attached hydrogen (secondary N) is 1. The Hall–Kier alpha value is -0.160. The van der Waals surface area contributed by atoms with Crippen molar-refractivity contribution in [2.24, 2.45) is 0 Å². The molecule has 4 heteroatoms. The van der Waals surface area contributed by atoms with E-state index in [1.165, 1.54) is 0 Å². The molecule has 0 bridgehead atoms. The lowest BCUT2D eigenvalue weighted by Crippen LogP contribution is -2.19. The highest BCUT2D eigenvalue weighted by molar-refractivity contribution is 4.34. The first-order valence-electron chi connectivity index (χ1n) is 2.65. The van der Waals surface area contributed by atoms with Gasteiger partial charge in [0.25, 0.3) is 0 Å². The molecule has 0 amide bonds. The second-order valence-electron chi connectivity index (χ2n) is 1.54. The van der Waals surface area contributed by atoms with Crippen molar-refractivity contribution in [1.82, 2.24) is 5.64 Å². The molecule has 0 unspecified atom stereocenters. The summed E-state index contributed by atoms with van der Waals surface area (Å²) in [6.45, 7) is 1.32. The first-order valence-corrected chi connectivity index (χ1v) is 2.65. The number of hydrogen-bond acceptors (Lipinski definition) is 4. The minimum atomic E-state index is 0.635. The van der Waals surface area contributed by atoms with E-state index in [1.807, 2.05) is 0 Å². The predicted molar refractivity (Wildman–Crippen MR) is 25.4 cm³/mol. The zero-order chi connectivity index (χ0) is 5.66. The van der Waals surface area contributed by atoms with Gasteiger partial charge in [0.15, 0.2) is 0 Å². The monoisotopic (exact) mass is 119 g/mol. The average molecular weight is 119 g/mol. The SMILES string of the molecule is C1CCOONOC1. The van der Waals surface area contributed by atoms with E-state index >= 15 is 0 Å². The molecule has 1 N–H and O–H groups in total. The van der Waals surface area contributed by atoms with Crippen LogP contribution < -0.4 is 5.64 Å². The van der Waals surface area contributed by atoms with Crippen LogP contribution in [0, 0.1) is 0 Å². The average Bonchev–Trinajstić information content (AvgIpc) is 1.62. The third-order valence-corrected chi connectivity index (χ3v) is 0.876.